The maximum absolute atomic E-state index is 12.9. The van der Waals surface area contributed by atoms with Gasteiger partial charge in [-0.15, -0.1) is 0 Å². The third-order valence-electron chi connectivity index (χ3n) is 4.26. The van der Waals surface area contributed by atoms with Gasteiger partial charge in [0, 0.05) is 10.9 Å². The van der Waals surface area contributed by atoms with Crippen LogP contribution in [0.3, 0.4) is 0 Å². The number of nitrogens with one attached hydrogen (secondary N) is 1. The highest BCUT2D eigenvalue weighted by Crippen LogP contribution is 2.25. The third-order valence-corrected chi connectivity index (χ3v) is 4.75. The van der Waals surface area contributed by atoms with E-state index in [2.05, 4.69) is 21.2 Å². The number of hydrogen-bond acceptors (Lipinski definition) is 4. The van der Waals surface area contributed by atoms with Gasteiger partial charge in [0.05, 0.1) is 30.5 Å². The summed E-state index contributed by atoms with van der Waals surface area (Å²) in [5.41, 5.74) is 2.18. The van der Waals surface area contributed by atoms with Crippen molar-refractivity contribution in [3.05, 3.63) is 94.0 Å². The van der Waals surface area contributed by atoms with Gasteiger partial charge in [0.1, 0.15) is 5.75 Å². The van der Waals surface area contributed by atoms with Crippen LogP contribution in [-0.4, -0.2) is 25.6 Å². The van der Waals surface area contributed by atoms with Gasteiger partial charge in [-0.25, -0.2) is 4.79 Å². The van der Waals surface area contributed by atoms with Gasteiger partial charge in [-0.05, 0) is 35.9 Å². The number of hydrogen-bond donors (Lipinski definition) is 1. The molecule has 3 rings (SSSR count). The Hall–Kier alpha value is -3.12. The average molecular weight is 454 g/mol. The molecule has 0 fully saturated rings. The Morgan fingerprint density at radius 2 is 1.66 bits per heavy atom. The number of benzene rings is 3. The number of ether oxygens (including phenoxy) is 2. The SMILES string of the molecule is COC(=O)c1ccccc1NC(=O)c1cc(Br)ccc1OCCc1ccccc1. The fraction of sp³-hybridized carbons (Fsp3) is 0.130. The van der Waals surface area contributed by atoms with E-state index in [0.29, 0.717) is 23.6 Å². The molecule has 0 aromatic heterocycles. The van der Waals surface area contributed by atoms with Gasteiger partial charge in [0.15, 0.2) is 0 Å². The number of methoxy groups -OCH3 is 1. The molecule has 0 spiro atoms. The Balaban J connectivity index is 1.77. The van der Waals surface area contributed by atoms with E-state index in [1.54, 1.807) is 36.4 Å². The molecule has 0 saturated carbocycles. The van der Waals surface area contributed by atoms with Crippen LogP contribution < -0.4 is 10.1 Å². The van der Waals surface area contributed by atoms with Gasteiger partial charge in [0.2, 0.25) is 0 Å². The Bertz CT molecular complexity index is 1000. The van der Waals surface area contributed by atoms with Gasteiger partial charge in [-0.2, -0.15) is 0 Å². The van der Waals surface area contributed by atoms with E-state index < -0.39 is 5.97 Å². The van der Waals surface area contributed by atoms with Crippen molar-refractivity contribution in [1.82, 2.24) is 0 Å². The van der Waals surface area contributed by atoms with E-state index in [9.17, 15) is 9.59 Å². The van der Waals surface area contributed by atoms with Crippen molar-refractivity contribution in [2.45, 2.75) is 6.42 Å². The molecule has 0 aliphatic rings. The topological polar surface area (TPSA) is 64.6 Å². The van der Waals surface area contributed by atoms with Crippen LogP contribution in [-0.2, 0) is 11.2 Å². The zero-order valence-electron chi connectivity index (χ0n) is 15.9. The van der Waals surface area contributed by atoms with Gasteiger partial charge in [0.25, 0.3) is 5.91 Å². The molecule has 1 N–H and O–H groups in total. The van der Waals surface area contributed by atoms with Crippen molar-refractivity contribution < 1.29 is 19.1 Å². The van der Waals surface area contributed by atoms with Crippen molar-refractivity contribution in [1.29, 1.82) is 0 Å². The molecule has 3 aromatic carbocycles. The van der Waals surface area contributed by atoms with E-state index in [1.165, 1.54) is 7.11 Å². The first-order valence-corrected chi connectivity index (χ1v) is 9.83. The van der Waals surface area contributed by atoms with Crippen LogP contribution >= 0.6 is 15.9 Å². The Morgan fingerprint density at radius 3 is 2.41 bits per heavy atom. The summed E-state index contributed by atoms with van der Waals surface area (Å²) in [7, 11) is 1.30. The second-order valence-corrected chi connectivity index (χ2v) is 7.13. The minimum absolute atomic E-state index is 0.282. The predicted molar refractivity (Wildman–Crippen MR) is 116 cm³/mol. The van der Waals surface area contributed by atoms with Crippen molar-refractivity contribution in [2.75, 3.05) is 19.0 Å². The van der Waals surface area contributed by atoms with Crippen LogP contribution in [0.4, 0.5) is 5.69 Å². The maximum Gasteiger partial charge on any atom is 0.339 e. The Labute approximate surface area is 177 Å². The maximum atomic E-state index is 12.9. The first-order chi connectivity index (χ1) is 14.1. The van der Waals surface area contributed by atoms with Crippen molar-refractivity contribution in [3.63, 3.8) is 0 Å². The molecule has 6 heteroatoms. The fourth-order valence-electron chi connectivity index (χ4n) is 2.80. The molecular weight excluding hydrogens is 434 g/mol. The van der Waals surface area contributed by atoms with Crippen LogP contribution in [0.2, 0.25) is 0 Å². The molecule has 0 aliphatic carbocycles. The number of amides is 1. The van der Waals surface area contributed by atoms with E-state index in [0.717, 1.165) is 16.5 Å². The minimum Gasteiger partial charge on any atom is -0.492 e. The fourth-order valence-corrected chi connectivity index (χ4v) is 3.16. The number of carbonyl (C=O) groups is 2. The van der Waals surface area contributed by atoms with Gasteiger partial charge in [-0.3, -0.25) is 4.79 Å². The van der Waals surface area contributed by atoms with Gasteiger partial charge >= 0.3 is 5.97 Å². The third kappa shape index (κ3) is 5.45. The number of carbonyl (C=O) groups excluding carboxylic acids is 2. The quantitative estimate of drug-likeness (QED) is 0.504. The second kappa shape index (κ2) is 9.89. The predicted octanol–water partition coefficient (Wildman–Crippen LogP) is 5.11. The molecule has 0 bridgehead atoms. The number of para-hydroxylation sites is 1. The Morgan fingerprint density at radius 1 is 0.931 bits per heavy atom. The number of anilines is 1. The minimum atomic E-state index is -0.519. The second-order valence-electron chi connectivity index (χ2n) is 6.22. The molecule has 1 amide bonds. The van der Waals surface area contributed by atoms with Gasteiger partial charge in [-0.1, -0.05) is 58.4 Å². The summed E-state index contributed by atoms with van der Waals surface area (Å²) in [6.45, 7) is 0.435. The van der Waals surface area contributed by atoms with Crippen molar-refractivity contribution in [2.24, 2.45) is 0 Å². The smallest absolute Gasteiger partial charge is 0.339 e. The first kappa shape index (κ1) is 20.6. The van der Waals surface area contributed by atoms with E-state index in [1.807, 2.05) is 36.4 Å². The molecule has 0 saturated heterocycles. The lowest BCUT2D eigenvalue weighted by atomic mass is 10.1. The lowest BCUT2D eigenvalue weighted by molar-refractivity contribution is 0.0602. The average Bonchev–Trinajstić information content (AvgIpc) is 2.75. The highest BCUT2D eigenvalue weighted by atomic mass is 79.9. The lowest BCUT2D eigenvalue weighted by Crippen LogP contribution is -2.17. The summed E-state index contributed by atoms with van der Waals surface area (Å²) in [6, 6.07) is 21.9. The molecule has 0 radical (unpaired) electrons. The largest absolute Gasteiger partial charge is 0.492 e. The van der Waals surface area contributed by atoms with Crippen molar-refractivity contribution in [3.8, 4) is 5.75 Å². The highest BCUT2D eigenvalue weighted by Gasteiger charge is 2.17. The summed E-state index contributed by atoms with van der Waals surface area (Å²) in [5, 5.41) is 2.78. The van der Waals surface area contributed by atoms with Crippen LogP contribution in [0.1, 0.15) is 26.3 Å². The van der Waals surface area contributed by atoms with E-state index in [4.69, 9.17) is 9.47 Å². The summed E-state index contributed by atoms with van der Waals surface area (Å²) in [6.07, 6.45) is 0.725. The Kier molecular flexibility index (Phi) is 7.03. The van der Waals surface area contributed by atoms with E-state index >= 15 is 0 Å². The summed E-state index contributed by atoms with van der Waals surface area (Å²) >= 11 is 3.39. The highest BCUT2D eigenvalue weighted by molar-refractivity contribution is 9.10. The zero-order chi connectivity index (χ0) is 20.6. The van der Waals surface area contributed by atoms with Crippen LogP contribution in [0.5, 0.6) is 5.75 Å². The molecule has 0 heterocycles. The molecule has 5 nitrogen and oxygen atoms in total. The first-order valence-electron chi connectivity index (χ1n) is 9.03. The zero-order valence-corrected chi connectivity index (χ0v) is 17.4. The molecule has 29 heavy (non-hydrogen) atoms. The standard InChI is InChI=1S/C23H20BrNO4/c1-28-23(27)18-9-5-6-10-20(18)25-22(26)19-15-17(24)11-12-21(19)29-14-13-16-7-3-2-4-8-16/h2-12,15H,13-14H2,1H3,(H,25,26). The van der Waals surface area contributed by atoms with E-state index in [-0.39, 0.29) is 11.5 Å². The van der Waals surface area contributed by atoms with Crippen molar-refractivity contribution >= 4 is 33.5 Å². The molecule has 0 unspecified atom stereocenters. The summed E-state index contributed by atoms with van der Waals surface area (Å²) < 4.78 is 11.4. The van der Waals surface area contributed by atoms with Gasteiger partial charge < -0.3 is 14.8 Å². The molecule has 3 aromatic rings. The monoisotopic (exact) mass is 453 g/mol. The molecular formula is C23H20BrNO4. The van der Waals surface area contributed by atoms with Crippen LogP contribution in [0, 0.1) is 0 Å². The molecule has 148 valence electrons. The van der Waals surface area contributed by atoms with Crippen LogP contribution in [0.15, 0.2) is 77.3 Å². The summed E-state index contributed by atoms with van der Waals surface area (Å²) in [5.74, 6) is -0.427. The number of rotatable bonds is 7. The molecule has 0 aliphatic heterocycles. The van der Waals surface area contributed by atoms with Crippen LogP contribution in [0.25, 0.3) is 0 Å². The number of halogens is 1. The normalized spacial score (nSPS) is 10.3. The number of esters is 1. The summed E-state index contributed by atoms with van der Waals surface area (Å²) in [4.78, 5) is 24.9. The lowest BCUT2D eigenvalue weighted by Gasteiger charge is -2.14. The molecule has 0 atom stereocenters.